The summed E-state index contributed by atoms with van der Waals surface area (Å²) in [5.41, 5.74) is 1.66. The first-order valence-electron chi connectivity index (χ1n) is 11.5. The second-order valence-electron chi connectivity index (χ2n) is 9.10. The van der Waals surface area contributed by atoms with Gasteiger partial charge in [-0.15, -0.1) is 0 Å². The number of hydrogen-bond donors (Lipinski definition) is 0. The molecule has 0 bridgehead atoms. The second kappa shape index (κ2) is 9.13. The number of hydrogen-bond acceptors (Lipinski definition) is 3. The highest BCUT2D eigenvalue weighted by molar-refractivity contribution is 6.30. The van der Waals surface area contributed by atoms with Crippen LogP contribution in [0, 0.1) is 25.2 Å². The molecule has 186 valence electrons. The van der Waals surface area contributed by atoms with Crippen molar-refractivity contribution in [3.8, 4) is 28.8 Å². The molecule has 3 aromatic carbocycles. The normalized spacial score (nSPS) is 12.4. The van der Waals surface area contributed by atoms with Gasteiger partial charge in [0.1, 0.15) is 23.1 Å². The zero-order valence-corrected chi connectivity index (χ0v) is 20.7. The molecule has 4 nitrogen and oxygen atoms in total. The first-order chi connectivity index (χ1) is 17.5. The summed E-state index contributed by atoms with van der Waals surface area (Å²) in [5, 5.41) is 10.0. The van der Waals surface area contributed by atoms with Crippen molar-refractivity contribution in [3.63, 3.8) is 0 Å². The molecule has 0 spiro atoms. The van der Waals surface area contributed by atoms with E-state index in [1.807, 2.05) is 38.1 Å². The molecule has 1 aliphatic heterocycles. The summed E-state index contributed by atoms with van der Waals surface area (Å²) in [5.74, 6) is 1.18. The van der Waals surface area contributed by atoms with Gasteiger partial charge in [-0.2, -0.15) is 18.4 Å². The van der Waals surface area contributed by atoms with Crippen LogP contribution in [-0.4, -0.2) is 4.57 Å². The Balaban J connectivity index is 1.69. The standard InChI is InChI=1S/C29H20ClF3N2O2/c1-16-3-4-20(17(2)9-16)15-35-25(13-24(29(31,32)33)23(14-34)28(35)36)18-6-8-26-21(10-18)11-19-5-7-22(30)12-27(19)37-26/h3-10,12-13H,11,15H2,1-2H3. The zero-order valence-electron chi connectivity index (χ0n) is 19.9. The Morgan fingerprint density at radius 1 is 1.00 bits per heavy atom. The number of pyridine rings is 1. The molecule has 1 aliphatic rings. The Bertz CT molecular complexity index is 1670. The molecule has 0 atom stereocenters. The third-order valence-corrected chi connectivity index (χ3v) is 6.77. The van der Waals surface area contributed by atoms with Crippen LogP contribution in [0.15, 0.2) is 65.5 Å². The summed E-state index contributed by atoms with van der Waals surface area (Å²) in [6, 6.07) is 18.3. The molecule has 5 rings (SSSR count). The van der Waals surface area contributed by atoms with E-state index in [1.165, 1.54) is 10.6 Å². The number of benzene rings is 3. The average Bonchev–Trinajstić information content (AvgIpc) is 2.84. The highest BCUT2D eigenvalue weighted by Crippen LogP contribution is 2.40. The fraction of sp³-hybridized carbons (Fsp3) is 0.172. The molecule has 4 aromatic rings. The quantitative estimate of drug-likeness (QED) is 0.249. The lowest BCUT2D eigenvalue weighted by Gasteiger charge is -2.23. The Hall–Kier alpha value is -4.02. The van der Waals surface area contributed by atoms with Crippen molar-refractivity contribution in [2.75, 3.05) is 0 Å². The lowest BCUT2D eigenvalue weighted by molar-refractivity contribution is -0.137. The molecule has 0 amide bonds. The molecule has 0 radical (unpaired) electrons. The van der Waals surface area contributed by atoms with Crippen LogP contribution in [0.2, 0.25) is 5.02 Å². The van der Waals surface area contributed by atoms with Crippen molar-refractivity contribution in [3.05, 3.63) is 115 Å². The van der Waals surface area contributed by atoms with Crippen LogP contribution < -0.4 is 10.3 Å². The minimum Gasteiger partial charge on any atom is -0.457 e. The molecular weight excluding hydrogens is 501 g/mol. The highest BCUT2D eigenvalue weighted by atomic mass is 35.5. The Morgan fingerprint density at radius 3 is 2.49 bits per heavy atom. The SMILES string of the molecule is Cc1ccc(Cn2c(-c3ccc4c(c3)Cc3ccc(Cl)cc3O4)cc(C(F)(F)F)c(C#N)c2=O)c(C)c1. The maximum atomic E-state index is 13.9. The summed E-state index contributed by atoms with van der Waals surface area (Å²) in [6.07, 6.45) is -4.38. The van der Waals surface area contributed by atoms with Gasteiger partial charge < -0.3 is 9.30 Å². The molecule has 2 heterocycles. The van der Waals surface area contributed by atoms with Crippen molar-refractivity contribution in [2.24, 2.45) is 0 Å². The minimum atomic E-state index is -4.87. The van der Waals surface area contributed by atoms with E-state index in [-0.39, 0.29) is 12.2 Å². The van der Waals surface area contributed by atoms with Crippen molar-refractivity contribution >= 4 is 11.6 Å². The molecule has 37 heavy (non-hydrogen) atoms. The Kier molecular flexibility index (Phi) is 6.09. The molecule has 1 aromatic heterocycles. The molecule has 8 heteroatoms. The average molecular weight is 521 g/mol. The minimum absolute atomic E-state index is 0.0159. The van der Waals surface area contributed by atoms with E-state index in [0.29, 0.717) is 28.5 Å². The summed E-state index contributed by atoms with van der Waals surface area (Å²) < 4.78 is 49.0. The van der Waals surface area contributed by atoms with Gasteiger partial charge in [-0.3, -0.25) is 4.79 Å². The van der Waals surface area contributed by atoms with Gasteiger partial charge in [0, 0.05) is 11.4 Å². The number of aryl methyl sites for hydroxylation is 2. The topological polar surface area (TPSA) is 55.0 Å². The van der Waals surface area contributed by atoms with Gasteiger partial charge in [0.05, 0.1) is 17.8 Å². The number of ether oxygens (including phenoxy) is 1. The summed E-state index contributed by atoms with van der Waals surface area (Å²) >= 11 is 6.08. The van der Waals surface area contributed by atoms with E-state index < -0.39 is 22.9 Å². The molecule has 0 saturated carbocycles. The third kappa shape index (κ3) is 4.61. The van der Waals surface area contributed by atoms with Gasteiger partial charge in [0.2, 0.25) is 0 Å². The number of rotatable bonds is 3. The van der Waals surface area contributed by atoms with Crippen LogP contribution in [0.4, 0.5) is 13.2 Å². The van der Waals surface area contributed by atoms with Crippen LogP contribution in [0.3, 0.4) is 0 Å². The predicted octanol–water partition coefficient (Wildman–Crippen LogP) is 7.42. The maximum absolute atomic E-state index is 13.9. The maximum Gasteiger partial charge on any atom is 0.417 e. The number of nitriles is 1. The van der Waals surface area contributed by atoms with E-state index in [4.69, 9.17) is 16.3 Å². The third-order valence-electron chi connectivity index (χ3n) is 6.53. The summed E-state index contributed by atoms with van der Waals surface area (Å²) in [6.45, 7) is 3.83. The van der Waals surface area contributed by atoms with Crippen molar-refractivity contribution in [2.45, 2.75) is 33.0 Å². The largest absolute Gasteiger partial charge is 0.457 e. The van der Waals surface area contributed by atoms with Gasteiger partial charge in [-0.25, -0.2) is 0 Å². The van der Waals surface area contributed by atoms with Gasteiger partial charge in [0.15, 0.2) is 0 Å². The molecular formula is C29H20ClF3N2O2. The van der Waals surface area contributed by atoms with Crippen molar-refractivity contribution in [1.82, 2.24) is 4.57 Å². The van der Waals surface area contributed by atoms with E-state index in [1.54, 1.807) is 30.3 Å². The predicted molar refractivity (Wildman–Crippen MR) is 135 cm³/mol. The number of alkyl halides is 3. The molecule has 0 unspecified atom stereocenters. The van der Waals surface area contributed by atoms with Crippen LogP contribution in [0.1, 0.15) is 38.9 Å². The fourth-order valence-corrected chi connectivity index (χ4v) is 4.80. The fourth-order valence-electron chi connectivity index (χ4n) is 4.64. The van der Waals surface area contributed by atoms with Gasteiger partial charge in [0.25, 0.3) is 5.56 Å². The van der Waals surface area contributed by atoms with Gasteiger partial charge >= 0.3 is 6.18 Å². The number of nitrogens with zero attached hydrogens (tertiary/aromatic N) is 2. The lowest BCUT2D eigenvalue weighted by Crippen LogP contribution is -2.29. The van der Waals surface area contributed by atoms with Crippen molar-refractivity contribution in [1.29, 1.82) is 5.26 Å². The smallest absolute Gasteiger partial charge is 0.417 e. The van der Waals surface area contributed by atoms with E-state index in [2.05, 4.69) is 0 Å². The second-order valence-corrected chi connectivity index (χ2v) is 9.54. The Morgan fingerprint density at radius 2 is 1.78 bits per heavy atom. The number of fused-ring (bicyclic) bond motifs is 2. The number of aromatic nitrogens is 1. The monoisotopic (exact) mass is 520 g/mol. The lowest BCUT2D eigenvalue weighted by atomic mass is 9.96. The van der Waals surface area contributed by atoms with Crippen LogP contribution >= 0.6 is 11.6 Å². The molecule has 0 aliphatic carbocycles. The van der Waals surface area contributed by atoms with E-state index >= 15 is 0 Å². The molecule has 0 fully saturated rings. The highest BCUT2D eigenvalue weighted by Gasteiger charge is 2.36. The van der Waals surface area contributed by atoms with Crippen LogP contribution in [0.5, 0.6) is 11.5 Å². The van der Waals surface area contributed by atoms with Crippen LogP contribution in [-0.2, 0) is 19.1 Å². The molecule has 0 saturated heterocycles. The zero-order chi connectivity index (χ0) is 26.5. The summed E-state index contributed by atoms with van der Waals surface area (Å²) in [4.78, 5) is 13.3. The number of halogens is 4. The first kappa shape index (κ1) is 24.7. The summed E-state index contributed by atoms with van der Waals surface area (Å²) in [7, 11) is 0. The van der Waals surface area contributed by atoms with Gasteiger partial charge in [-0.05, 0) is 78.1 Å². The van der Waals surface area contributed by atoms with Crippen molar-refractivity contribution < 1.29 is 17.9 Å². The first-order valence-corrected chi connectivity index (χ1v) is 11.8. The molecule has 0 N–H and O–H groups in total. The van der Waals surface area contributed by atoms with E-state index in [9.17, 15) is 23.2 Å². The van der Waals surface area contributed by atoms with Crippen LogP contribution in [0.25, 0.3) is 11.3 Å². The Labute approximate surface area is 216 Å². The van der Waals surface area contributed by atoms with E-state index in [0.717, 1.165) is 33.9 Å². The van der Waals surface area contributed by atoms with Gasteiger partial charge in [-0.1, -0.05) is 41.4 Å².